The number of carbonyl (C=O) groups is 1. The van der Waals surface area contributed by atoms with Gasteiger partial charge < -0.3 is 20.5 Å². The minimum absolute atomic E-state index is 0.136. The van der Waals surface area contributed by atoms with E-state index in [1.165, 1.54) is 0 Å². The van der Waals surface area contributed by atoms with Crippen molar-refractivity contribution in [3.63, 3.8) is 0 Å². The van der Waals surface area contributed by atoms with E-state index in [9.17, 15) is 9.90 Å². The number of amides is 2. The van der Waals surface area contributed by atoms with Gasteiger partial charge in [-0.15, -0.1) is 0 Å². The van der Waals surface area contributed by atoms with Crippen LogP contribution in [0, 0.1) is 0 Å². The molecule has 3 N–H and O–H groups in total. The first-order chi connectivity index (χ1) is 10.6. The molecular formula is C17H26N2O3. The average molecular weight is 306 g/mol. The quantitative estimate of drug-likeness (QED) is 0.782. The standard InChI is InChI=1S/C17H26N2O3/c1-12(15-5-3-4-6-16(15)22-2)11-18-17(21)19-13-7-9-14(20)10-8-13/h3-6,12-14,20H,7-11H2,1-2H3,(H2,18,19,21). The van der Waals surface area contributed by atoms with E-state index in [4.69, 9.17) is 4.74 Å². The second-order valence-electron chi connectivity index (χ2n) is 6.00. The van der Waals surface area contributed by atoms with Crippen molar-refractivity contribution in [1.29, 1.82) is 0 Å². The molecule has 0 saturated heterocycles. The normalized spacial score (nSPS) is 22.7. The molecule has 0 bridgehead atoms. The van der Waals surface area contributed by atoms with Crippen molar-refractivity contribution >= 4 is 6.03 Å². The Morgan fingerprint density at radius 2 is 2.00 bits per heavy atom. The van der Waals surface area contributed by atoms with Crippen LogP contribution in [0.25, 0.3) is 0 Å². The topological polar surface area (TPSA) is 70.6 Å². The Labute approximate surface area is 132 Å². The third-order valence-corrected chi connectivity index (χ3v) is 4.27. The molecule has 1 aliphatic carbocycles. The van der Waals surface area contributed by atoms with Gasteiger partial charge in [-0.2, -0.15) is 0 Å². The third-order valence-electron chi connectivity index (χ3n) is 4.27. The van der Waals surface area contributed by atoms with Gasteiger partial charge in [0.05, 0.1) is 13.2 Å². The fraction of sp³-hybridized carbons (Fsp3) is 0.588. The number of rotatable bonds is 5. The number of ether oxygens (including phenoxy) is 1. The number of carbonyl (C=O) groups excluding carboxylic acids is 1. The number of para-hydroxylation sites is 1. The number of hydrogen-bond donors (Lipinski definition) is 3. The number of aliphatic hydroxyl groups is 1. The Kier molecular flexibility index (Phi) is 6.07. The lowest BCUT2D eigenvalue weighted by atomic mass is 9.93. The molecule has 22 heavy (non-hydrogen) atoms. The number of aliphatic hydroxyl groups excluding tert-OH is 1. The first kappa shape index (κ1) is 16.6. The SMILES string of the molecule is COc1ccccc1C(C)CNC(=O)NC1CCC(O)CC1. The lowest BCUT2D eigenvalue weighted by Crippen LogP contribution is -2.45. The molecule has 2 rings (SSSR count). The van der Waals surface area contributed by atoms with Gasteiger partial charge in [0, 0.05) is 18.5 Å². The van der Waals surface area contributed by atoms with Crippen molar-refractivity contribution < 1.29 is 14.6 Å². The van der Waals surface area contributed by atoms with Crippen molar-refractivity contribution in [2.45, 2.75) is 50.7 Å². The summed E-state index contributed by atoms with van der Waals surface area (Å²) in [5, 5.41) is 15.4. The van der Waals surface area contributed by atoms with Crippen LogP contribution in [-0.2, 0) is 0 Å². The molecule has 1 atom stereocenters. The number of methoxy groups -OCH3 is 1. The summed E-state index contributed by atoms with van der Waals surface area (Å²) in [6.45, 7) is 2.62. The summed E-state index contributed by atoms with van der Waals surface area (Å²) in [6.07, 6.45) is 3.02. The lowest BCUT2D eigenvalue weighted by Gasteiger charge is -2.26. The summed E-state index contributed by atoms with van der Waals surface area (Å²) in [5.74, 6) is 1.02. The van der Waals surface area contributed by atoms with E-state index in [-0.39, 0.29) is 24.1 Å². The number of benzene rings is 1. The highest BCUT2D eigenvalue weighted by Crippen LogP contribution is 2.25. The van der Waals surface area contributed by atoms with Crippen LogP contribution in [0.3, 0.4) is 0 Å². The summed E-state index contributed by atoms with van der Waals surface area (Å²) in [6, 6.07) is 7.90. The molecule has 1 aromatic carbocycles. The monoisotopic (exact) mass is 306 g/mol. The van der Waals surface area contributed by atoms with Crippen LogP contribution < -0.4 is 15.4 Å². The van der Waals surface area contributed by atoms with Crippen LogP contribution in [0.4, 0.5) is 4.79 Å². The molecule has 1 aliphatic rings. The smallest absolute Gasteiger partial charge is 0.315 e. The summed E-state index contributed by atoms with van der Waals surface area (Å²) >= 11 is 0. The Morgan fingerprint density at radius 1 is 1.32 bits per heavy atom. The van der Waals surface area contributed by atoms with Gasteiger partial charge in [-0.25, -0.2) is 4.79 Å². The van der Waals surface area contributed by atoms with Gasteiger partial charge >= 0.3 is 6.03 Å². The second kappa shape index (κ2) is 8.03. The second-order valence-corrected chi connectivity index (χ2v) is 6.00. The highest BCUT2D eigenvalue weighted by molar-refractivity contribution is 5.74. The third kappa shape index (κ3) is 4.63. The van der Waals surface area contributed by atoms with Crippen molar-refractivity contribution in [2.24, 2.45) is 0 Å². The lowest BCUT2D eigenvalue weighted by molar-refractivity contribution is 0.117. The predicted octanol–water partition coefficient (Wildman–Crippen LogP) is 2.40. The van der Waals surface area contributed by atoms with Gasteiger partial charge in [-0.05, 0) is 37.3 Å². The van der Waals surface area contributed by atoms with Gasteiger partial charge in [-0.3, -0.25) is 0 Å². The van der Waals surface area contributed by atoms with Gasteiger partial charge in [0.1, 0.15) is 5.75 Å². The molecule has 0 heterocycles. The Balaban J connectivity index is 1.78. The predicted molar refractivity (Wildman–Crippen MR) is 86.2 cm³/mol. The van der Waals surface area contributed by atoms with E-state index >= 15 is 0 Å². The van der Waals surface area contributed by atoms with Crippen molar-refractivity contribution in [3.05, 3.63) is 29.8 Å². The van der Waals surface area contributed by atoms with Crippen molar-refractivity contribution in [3.8, 4) is 5.75 Å². The largest absolute Gasteiger partial charge is 0.496 e. The fourth-order valence-corrected chi connectivity index (χ4v) is 2.89. The Bertz CT molecular complexity index is 485. The maximum absolute atomic E-state index is 12.0. The van der Waals surface area contributed by atoms with Crippen LogP contribution in [0.5, 0.6) is 5.75 Å². The zero-order valence-electron chi connectivity index (χ0n) is 13.3. The molecule has 1 saturated carbocycles. The van der Waals surface area contributed by atoms with Crippen molar-refractivity contribution in [2.75, 3.05) is 13.7 Å². The molecule has 122 valence electrons. The van der Waals surface area contributed by atoms with Crippen LogP contribution in [0.2, 0.25) is 0 Å². The molecule has 0 aromatic heterocycles. The summed E-state index contributed by atoms with van der Waals surface area (Å²) in [7, 11) is 1.66. The Morgan fingerprint density at radius 3 is 2.68 bits per heavy atom. The van der Waals surface area contributed by atoms with Gasteiger partial charge in [0.25, 0.3) is 0 Å². The van der Waals surface area contributed by atoms with Crippen LogP contribution in [-0.4, -0.2) is 36.9 Å². The van der Waals surface area contributed by atoms with E-state index in [2.05, 4.69) is 17.6 Å². The molecule has 5 nitrogen and oxygen atoms in total. The van der Waals surface area contributed by atoms with Gasteiger partial charge in [0.2, 0.25) is 0 Å². The minimum Gasteiger partial charge on any atom is -0.496 e. The first-order valence-corrected chi connectivity index (χ1v) is 7.95. The highest BCUT2D eigenvalue weighted by Gasteiger charge is 2.21. The first-order valence-electron chi connectivity index (χ1n) is 7.95. The maximum atomic E-state index is 12.0. The summed E-state index contributed by atoms with van der Waals surface area (Å²) in [5.41, 5.74) is 1.09. The summed E-state index contributed by atoms with van der Waals surface area (Å²) < 4.78 is 5.35. The van der Waals surface area contributed by atoms with Gasteiger partial charge in [0.15, 0.2) is 0 Å². The molecule has 0 aliphatic heterocycles. The zero-order chi connectivity index (χ0) is 15.9. The molecule has 0 radical (unpaired) electrons. The molecule has 2 amide bonds. The highest BCUT2D eigenvalue weighted by atomic mass is 16.5. The van der Waals surface area contributed by atoms with Crippen LogP contribution in [0.1, 0.15) is 44.1 Å². The molecule has 1 unspecified atom stereocenters. The van der Waals surface area contributed by atoms with E-state index < -0.39 is 0 Å². The number of hydrogen-bond acceptors (Lipinski definition) is 3. The minimum atomic E-state index is -0.202. The number of nitrogens with one attached hydrogen (secondary N) is 2. The van der Waals surface area contributed by atoms with Crippen LogP contribution in [0.15, 0.2) is 24.3 Å². The molecule has 1 fully saturated rings. The van der Waals surface area contributed by atoms with Crippen molar-refractivity contribution in [1.82, 2.24) is 10.6 Å². The Hall–Kier alpha value is -1.75. The van der Waals surface area contributed by atoms with Crippen LogP contribution >= 0.6 is 0 Å². The maximum Gasteiger partial charge on any atom is 0.315 e. The molecule has 1 aromatic rings. The zero-order valence-corrected chi connectivity index (χ0v) is 13.3. The van der Waals surface area contributed by atoms with E-state index in [1.807, 2.05) is 24.3 Å². The van der Waals surface area contributed by atoms with Gasteiger partial charge in [-0.1, -0.05) is 25.1 Å². The molecule has 0 spiro atoms. The average Bonchev–Trinajstić information content (AvgIpc) is 2.54. The van der Waals surface area contributed by atoms with E-state index in [0.29, 0.717) is 6.54 Å². The fourth-order valence-electron chi connectivity index (χ4n) is 2.89. The number of urea groups is 1. The van der Waals surface area contributed by atoms with E-state index in [0.717, 1.165) is 37.0 Å². The van der Waals surface area contributed by atoms with E-state index in [1.54, 1.807) is 7.11 Å². The molecule has 5 heteroatoms. The molecular weight excluding hydrogens is 280 g/mol. The summed E-state index contributed by atoms with van der Waals surface area (Å²) in [4.78, 5) is 12.0.